The molecule has 1 saturated heterocycles. The standard InChI is InChI=1S/C33H35N7O3/c1-8-26(41)38-14-15-39(22(6)18-38)31-25-16-23(17-34)28(24-11-9-10-21(5)30(24)43-7)36-32(25)40(33(42)37-31)29-20(4)12-13-35-27(29)19(2)3/h8-13,16,19,22H,1,14-15,18H2,2-7H3. The minimum absolute atomic E-state index is 0.0155. The number of carbonyl (C=O) groups is 1. The second-order valence-electron chi connectivity index (χ2n) is 11.1. The third kappa shape index (κ3) is 5.12. The van der Waals surface area contributed by atoms with E-state index in [0.29, 0.717) is 64.7 Å². The maximum atomic E-state index is 14.1. The van der Waals surface area contributed by atoms with E-state index in [9.17, 15) is 14.9 Å². The number of pyridine rings is 2. The van der Waals surface area contributed by atoms with E-state index in [-0.39, 0.29) is 17.9 Å². The summed E-state index contributed by atoms with van der Waals surface area (Å²) in [6.45, 7) is 14.8. The number of fused-ring (bicyclic) bond motifs is 1. The van der Waals surface area contributed by atoms with Crippen molar-refractivity contribution in [3.63, 3.8) is 0 Å². The molecular weight excluding hydrogens is 542 g/mol. The van der Waals surface area contributed by atoms with Crippen LogP contribution in [-0.4, -0.2) is 63.1 Å². The molecule has 1 atom stereocenters. The van der Waals surface area contributed by atoms with Crippen molar-refractivity contribution < 1.29 is 9.53 Å². The monoisotopic (exact) mass is 577 g/mol. The number of anilines is 1. The molecule has 5 rings (SSSR count). The quantitative estimate of drug-likeness (QED) is 0.303. The van der Waals surface area contributed by atoms with E-state index in [2.05, 4.69) is 22.6 Å². The number of hydrogen-bond donors (Lipinski definition) is 0. The summed E-state index contributed by atoms with van der Waals surface area (Å²) < 4.78 is 7.25. The lowest BCUT2D eigenvalue weighted by Gasteiger charge is -2.40. The maximum absolute atomic E-state index is 14.1. The summed E-state index contributed by atoms with van der Waals surface area (Å²) in [4.78, 5) is 44.5. The third-order valence-electron chi connectivity index (χ3n) is 7.95. The zero-order valence-electron chi connectivity index (χ0n) is 25.4. The Balaban J connectivity index is 1.87. The Morgan fingerprint density at radius 2 is 1.95 bits per heavy atom. The van der Waals surface area contributed by atoms with Gasteiger partial charge in [-0.15, -0.1) is 0 Å². The zero-order valence-corrected chi connectivity index (χ0v) is 25.4. The Kier molecular flexibility index (Phi) is 8.00. The highest BCUT2D eigenvalue weighted by Crippen LogP contribution is 2.37. The fourth-order valence-corrected chi connectivity index (χ4v) is 5.84. The molecule has 220 valence electrons. The van der Waals surface area contributed by atoms with Gasteiger partial charge in [-0.25, -0.2) is 14.3 Å². The van der Waals surface area contributed by atoms with Crippen LogP contribution in [0.3, 0.4) is 0 Å². The van der Waals surface area contributed by atoms with E-state index in [1.54, 1.807) is 24.3 Å². The number of piperazine rings is 1. The van der Waals surface area contributed by atoms with Crippen molar-refractivity contribution in [3.05, 3.63) is 82.1 Å². The average molecular weight is 578 g/mol. The minimum atomic E-state index is -0.503. The molecule has 43 heavy (non-hydrogen) atoms. The summed E-state index contributed by atoms with van der Waals surface area (Å²) in [5.74, 6) is 0.903. The Hall–Kier alpha value is -5.04. The summed E-state index contributed by atoms with van der Waals surface area (Å²) in [5, 5.41) is 10.9. The first kappa shape index (κ1) is 29.5. The first-order valence-corrected chi connectivity index (χ1v) is 14.3. The van der Waals surface area contributed by atoms with Gasteiger partial charge in [-0.2, -0.15) is 10.2 Å². The highest BCUT2D eigenvalue weighted by Gasteiger charge is 2.30. The summed E-state index contributed by atoms with van der Waals surface area (Å²) in [7, 11) is 1.59. The summed E-state index contributed by atoms with van der Waals surface area (Å²) in [6.07, 6.45) is 3.04. The number of benzene rings is 1. The van der Waals surface area contributed by atoms with Crippen molar-refractivity contribution in [1.82, 2.24) is 24.4 Å². The Morgan fingerprint density at radius 1 is 1.19 bits per heavy atom. The van der Waals surface area contributed by atoms with Crippen LogP contribution in [0.2, 0.25) is 0 Å². The summed E-state index contributed by atoms with van der Waals surface area (Å²) in [5.41, 5.74) is 4.35. The molecule has 0 saturated carbocycles. The summed E-state index contributed by atoms with van der Waals surface area (Å²) in [6, 6.07) is 11.5. The van der Waals surface area contributed by atoms with Crippen molar-refractivity contribution in [2.24, 2.45) is 0 Å². The van der Waals surface area contributed by atoms with E-state index in [1.807, 2.05) is 63.8 Å². The van der Waals surface area contributed by atoms with Crippen LogP contribution in [0.4, 0.5) is 5.82 Å². The van der Waals surface area contributed by atoms with E-state index in [4.69, 9.17) is 9.72 Å². The van der Waals surface area contributed by atoms with Crippen LogP contribution >= 0.6 is 0 Å². The van der Waals surface area contributed by atoms with Gasteiger partial charge in [0.2, 0.25) is 5.91 Å². The number of ether oxygens (including phenoxy) is 1. The lowest BCUT2D eigenvalue weighted by atomic mass is 10.0. The highest BCUT2D eigenvalue weighted by molar-refractivity contribution is 5.93. The van der Waals surface area contributed by atoms with E-state index in [0.717, 1.165) is 16.8 Å². The first-order chi connectivity index (χ1) is 20.6. The molecular formula is C33H35N7O3. The molecule has 1 aliphatic rings. The van der Waals surface area contributed by atoms with Gasteiger partial charge in [-0.1, -0.05) is 32.6 Å². The van der Waals surface area contributed by atoms with Gasteiger partial charge in [0.05, 0.1) is 35.1 Å². The van der Waals surface area contributed by atoms with Gasteiger partial charge in [0, 0.05) is 37.4 Å². The van der Waals surface area contributed by atoms with Gasteiger partial charge in [0.1, 0.15) is 17.6 Å². The molecule has 1 amide bonds. The predicted octanol–water partition coefficient (Wildman–Crippen LogP) is 4.69. The van der Waals surface area contributed by atoms with Crippen molar-refractivity contribution in [1.29, 1.82) is 5.26 Å². The fraction of sp³-hybridized carbons (Fsp3) is 0.333. The topological polar surface area (TPSA) is 117 Å². The molecule has 4 aromatic rings. The maximum Gasteiger partial charge on any atom is 0.355 e. The van der Waals surface area contributed by atoms with Gasteiger partial charge in [0.25, 0.3) is 0 Å². The van der Waals surface area contributed by atoms with Crippen LogP contribution in [-0.2, 0) is 4.79 Å². The molecule has 1 unspecified atom stereocenters. The van der Waals surface area contributed by atoms with Crippen molar-refractivity contribution in [2.45, 2.75) is 46.6 Å². The molecule has 0 aliphatic carbocycles. The Bertz CT molecular complexity index is 1850. The van der Waals surface area contributed by atoms with Crippen LogP contribution in [0.25, 0.3) is 28.0 Å². The summed E-state index contributed by atoms with van der Waals surface area (Å²) >= 11 is 0. The van der Waals surface area contributed by atoms with Gasteiger partial charge in [-0.3, -0.25) is 9.78 Å². The Morgan fingerprint density at radius 3 is 2.60 bits per heavy atom. The number of aromatic nitrogens is 4. The minimum Gasteiger partial charge on any atom is -0.496 e. The number of nitrogens with zero attached hydrogens (tertiary/aromatic N) is 7. The number of amides is 1. The molecule has 10 heteroatoms. The van der Waals surface area contributed by atoms with Crippen LogP contribution in [0.15, 0.2) is 54.0 Å². The molecule has 10 nitrogen and oxygen atoms in total. The van der Waals surface area contributed by atoms with Crippen molar-refractivity contribution in [3.8, 4) is 28.8 Å². The molecule has 0 bridgehead atoms. The van der Waals surface area contributed by atoms with Crippen LogP contribution in [0, 0.1) is 25.2 Å². The number of rotatable bonds is 6. The predicted molar refractivity (Wildman–Crippen MR) is 167 cm³/mol. The molecule has 0 N–H and O–H groups in total. The van der Waals surface area contributed by atoms with E-state index < -0.39 is 5.69 Å². The van der Waals surface area contributed by atoms with Gasteiger partial charge >= 0.3 is 5.69 Å². The van der Waals surface area contributed by atoms with Crippen LogP contribution in [0.5, 0.6) is 5.75 Å². The largest absolute Gasteiger partial charge is 0.496 e. The van der Waals surface area contributed by atoms with Gasteiger partial charge < -0.3 is 14.5 Å². The van der Waals surface area contributed by atoms with Crippen molar-refractivity contribution >= 4 is 22.8 Å². The molecule has 0 spiro atoms. The molecule has 4 heterocycles. The smallest absolute Gasteiger partial charge is 0.355 e. The first-order valence-electron chi connectivity index (χ1n) is 14.3. The van der Waals surface area contributed by atoms with Crippen molar-refractivity contribution in [2.75, 3.05) is 31.6 Å². The second-order valence-corrected chi connectivity index (χ2v) is 11.1. The molecule has 1 aliphatic heterocycles. The number of para-hydroxylation sites is 1. The fourth-order valence-electron chi connectivity index (χ4n) is 5.84. The highest BCUT2D eigenvalue weighted by atomic mass is 16.5. The van der Waals surface area contributed by atoms with Gasteiger partial charge in [0.15, 0.2) is 5.65 Å². The van der Waals surface area contributed by atoms with Gasteiger partial charge in [-0.05, 0) is 62.1 Å². The van der Waals surface area contributed by atoms with E-state index >= 15 is 0 Å². The number of methoxy groups -OCH3 is 1. The number of nitriles is 1. The average Bonchev–Trinajstić information content (AvgIpc) is 2.99. The van der Waals surface area contributed by atoms with Crippen LogP contribution in [0.1, 0.15) is 49.1 Å². The number of carbonyl (C=O) groups excluding carboxylic acids is 1. The molecule has 0 radical (unpaired) electrons. The second kappa shape index (κ2) is 11.7. The normalized spacial score (nSPS) is 15.1. The third-order valence-corrected chi connectivity index (χ3v) is 7.95. The van der Waals surface area contributed by atoms with Crippen LogP contribution < -0.4 is 15.3 Å². The lowest BCUT2D eigenvalue weighted by Crippen LogP contribution is -2.54. The lowest BCUT2D eigenvalue weighted by molar-refractivity contribution is -0.126. The van der Waals surface area contributed by atoms with E-state index in [1.165, 1.54) is 10.6 Å². The SMILES string of the molecule is C=CC(=O)N1CCN(c2nc(=O)n(-c3c(C)ccnc3C(C)C)c3nc(-c4cccc(C)c4OC)c(C#N)cc23)C(C)C1. The zero-order chi connectivity index (χ0) is 31.0. The number of aryl methyl sites for hydroxylation is 2. The number of hydrogen-bond acceptors (Lipinski definition) is 8. The molecule has 3 aromatic heterocycles. The Labute approximate surface area is 250 Å². The molecule has 1 fully saturated rings. The molecule has 1 aromatic carbocycles.